The zero-order chi connectivity index (χ0) is 20.6. The first-order valence-corrected chi connectivity index (χ1v) is 10.6. The van der Waals surface area contributed by atoms with E-state index in [-0.39, 0.29) is 22.7 Å². The van der Waals surface area contributed by atoms with Gasteiger partial charge in [-0.1, -0.05) is 13.0 Å². The van der Waals surface area contributed by atoms with Crippen molar-refractivity contribution < 1.29 is 39.4 Å². The van der Waals surface area contributed by atoms with E-state index in [1.807, 2.05) is 0 Å². The second-order valence-electron chi connectivity index (χ2n) is 9.73. The Hall–Kier alpha value is -1.03. The molecule has 4 N–H and O–H groups in total. The molecule has 2 saturated carbocycles. The molecular weight excluding hydrogens is 380 g/mol. The van der Waals surface area contributed by atoms with Gasteiger partial charge in [-0.2, -0.15) is 0 Å². The molecule has 0 amide bonds. The van der Waals surface area contributed by atoms with Crippen molar-refractivity contribution in [2.75, 3.05) is 19.8 Å². The van der Waals surface area contributed by atoms with Crippen LogP contribution in [0.25, 0.3) is 0 Å². The van der Waals surface area contributed by atoms with Crippen molar-refractivity contribution in [3.05, 3.63) is 11.6 Å². The number of rotatable bonds is 4. The van der Waals surface area contributed by atoms with Gasteiger partial charge in [0.1, 0.15) is 24.4 Å². The molecule has 1 spiro atoms. The number of esters is 1. The summed E-state index contributed by atoms with van der Waals surface area (Å²) < 4.78 is 17.0. The van der Waals surface area contributed by atoms with Crippen molar-refractivity contribution >= 4 is 5.97 Å². The number of carbonyl (C=O) groups is 1. The fourth-order valence-electron chi connectivity index (χ4n) is 7.08. The second-order valence-corrected chi connectivity index (χ2v) is 9.73. The van der Waals surface area contributed by atoms with Crippen LogP contribution in [0.5, 0.6) is 0 Å². The predicted octanol–water partition coefficient (Wildman–Crippen LogP) is -0.271. The lowest BCUT2D eigenvalue weighted by Gasteiger charge is -2.44. The molecule has 0 aromatic rings. The van der Waals surface area contributed by atoms with Crippen LogP contribution < -0.4 is 0 Å². The summed E-state index contributed by atoms with van der Waals surface area (Å²) in [6, 6.07) is 0. The highest BCUT2D eigenvalue weighted by atomic mass is 16.7. The minimum Gasteiger partial charge on any atom is -0.462 e. The lowest BCUT2D eigenvalue weighted by molar-refractivity contribution is -0.307. The average Bonchev–Trinajstić information content (AvgIpc) is 3.16. The van der Waals surface area contributed by atoms with Gasteiger partial charge in [0.15, 0.2) is 6.29 Å². The topological polar surface area (TPSA) is 126 Å². The van der Waals surface area contributed by atoms with Crippen LogP contribution in [-0.4, -0.2) is 76.9 Å². The molecule has 29 heavy (non-hydrogen) atoms. The highest BCUT2D eigenvalue weighted by molar-refractivity contribution is 5.91. The molecule has 0 aromatic carbocycles. The smallest absolute Gasteiger partial charge is 0.334 e. The predicted molar refractivity (Wildman–Crippen MR) is 98.2 cm³/mol. The number of hydrogen-bond acceptors (Lipinski definition) is 8. The van der Waals surface area contributed by atoms with Crippen LogP contribution in [-0.2, 0) is 19.0 Å². The maximum absolute atomic E-state index is 12.5. The van der Waals surface area contributed by atoms with Crippen molar-refractivity contribution in [2.24, 2.45) is 28.6 Å². The summed E-state index contributed by atoms with van der Waals surface area (Å²) in [6.07, 6.45) is -0.498. The normalized spacial score (nSPS) is 53.4. The van der Waals surface area contributed by atoms with Crippen molar-refractivity contribution in [1.82, 2.24) is 0 Å². The maximum Gasteiger partial charge on any atom is 0.334 e. The second kappa shape index (κ2) is 6.73. The molecule has 4 fully saturated rings. The van der Waals surface area contributed by atoms with Gasteiger partial charge in [0.25, 0.3) is 0 Å². The van der Waals surface area contributed by atoms with Gasteiger partial charge in [-0.15, -0.1) is 0 Å². The third kappa shape index (κ3) is 2.56. The Bertz CT molecular complexity index is 721. The highest BCUT2D eigenvalue weighted by Crippen LogP contribution is 2.73. The van der Waals surface area contributed by atoms with Crippen molar-refractivity contribution in [1.29, 1.82) is 0 Å². The first-order valence-electron chi connectivity index (χ1n) is 10.6. The zero-order valence-corrected chi connectivity index (χ0v) is 16.6. The number of aliphatic hydroxyl groups is 4. The number of ether oxygens (including phenoxy) is 3. The van der Waals surface area contributed by atoms with Gasteiger partial charge in [-0.25, -0.2) is 4.79 Å². The Kier molecular flexibility index (Phi) is 4.62. The Labute approximate surface area is 169 Å². The van der Waals surface area contributed by atoms with E-state index in [9.17, 15) is 25.2 Å². The minimum atomic E-state index is -1.45. The third-order valence-corrected chi connectivity index (χ3v) is 8.62. The van der Waals surface area contributed by atoms with Crippen LogP contribution in [0.3, 0.4) is 0 Å². The molecule has 0 unspecified atom stereocenters. The van der Waals surface area contributed by atoms with E-state index < -0.39 is 37.3 Å². The van der Waals surface area contributed by atoms with Crippen LogP contribution in [0.15, 0.2) is 11.6 Å². The SMILES string of the molecule is C[C@]1(CO[C@@H]2O[C@H](CO)[C@@H](O)[C@H](O)[C@H]2O)[C@@H]2CC=C3C(=O)OC[C@H]4CC[C@@H]1[C@]34C2. The summed E-state index contributed by atoms with van der Waals surface area (Å²) in [4.78, 5) is 12.5. The van der Waals surface area contributed by atoms with Gasteiger partial charge >= 0.3 is 5.97 Å². The fourth-order valence-corrected chi connectivity index (χ4v) is 7.08. The third-order valence-electron chi connectivity index (χ3n) is 8.62. The lowest BCUT2D eigenvalue weighted by atomic mass is 9.64. The molecule has 10 atom stereocenters. The Morgan fingerprint density at radius 1 is 1.17 bits per heavy atom. The molecular formula is C21H30O8. The van der Waals surface area contributed by atoms with E-state index in [1.165, 1.54) is 0 Å². The molecule has 0 aromatic heterocycles. The van der Waals surface area contributed by atoms with Crippen molar-refractivity contribution in [3.63, 3.8) is 0 Å². The van der Waals surface area contributed by atoms with Gasteiger partial charge in [-0.05, 0) is 42.9 Å². The van der Waals surface area contributed by atoms with Crippen LogP contribution in [0.2, 0.25) is 0 Å². The molecule has 5 rings (SSSR count). The number of hydrogen-bond donors (Lipinski definition) is 4. The van der Waals surface area contributed by atoms with Crippen molar-refractivity contribution in [2.45, 2.75) is 63.3 Å². The number of cyclic esters (lactones) is 1. The summed E-state index contributed by atoms with van der Waals surface area (Å²) in [6.45, 7) is 2.52. The number of fused-ring (bicyclic) bond motifs is 1. The van der Waals surface area contributed by atoms with E-state index in [4.69, 9.17) is 14.2 Å². The Morgan fingerprint density at radius 2 is 1.97 bits per heavy atom. The summed E-state index contributed by atoms with van der Waals surface area (Å²) in [5, 5.41) is 39.7. The average molecular weight is 410 g/mol. The van der Waals surface area contributed by atoms with Crippen molar-refractivity contribution in [3.8, 4) is 0 Å². The van der Waals surface area contributed by atoms with Gasteiger partial charge in [0.2, 0.25) is 0 Å². The fraction of sp³-hybridized carbons (Fsp3) is 0.857. The summed E-state index contributed by atoms with van der Waals surface area (Å²) >= 11 is 0. The summed E-state index contributed by atoms with van der Waals surface area (Å²) in [5.41, 5.74) is 0.513. The van der Waals surface area contributed by atoms with Crippen LogP contribution in [0.4, 0.5) is 0 Å². The molecule has 2 saturated heterocycles. The maximum atomic E-state index is 12.5. The molecule has 162 valence electrons. The summed E-state index contributed by atoms with van der Waals surface area (Å²) in [7, 11) is 0. The molecule has 3 aliphatic carbocycles. The standard InChI is InChI=1S/C21H30O8/c1-20(9-28-19-17(25)16(24)15(23)13(7-22)29-19)10-2-4-12-18(26)27-8-11-3-5-14(20)21(11,12)6-10/h4,10-11,13-17,19,22-25H,2-3,5-9H2,1H3/t10-,11-,13-,14+,15-,16+,17-,19-,20+,21+/m1/s1. The van der Waals surface area contributed by atoms with Gasteiger partial charge < -0.3 is 34.6 Å². The van der Waals surface area contributed by atoms with E-state index in [2.05, 4.69) is 13.0 Å². The largest absolute Gasteiger partial charge is 0.462 e. The molecule has 2 heterocycles. The highest BCUT2D eigenvalue weighted by Gasteiger charge is 2.70. The molecule has 2 bridgehead atoms. The van der Waals surface area contributed by atoms with Crippen LogP contribution >= 0.6 is 0 Å². The number of aliphatic hydroxyl groups excluding tert-OH is 4. The monoisotopic (exact) mass is 410 g/mol. The molecule has 8 nitrogen and oxygen atoms in total. The van der Waals surface area contributed by atoms with Gasteiger partial charge in [0, 0.05) is 16.9 Å². The van der Waals surface area contributed by atoms with Crippen LogP contribution in [0, 0.1) is 28.6 Å². The van der Waals surface area contributed by atoms with Gasteiger partial charge in [0.05, 0.1) is 19.8 Å². The van der Waals surface area contributed by atoms with E-state index in [0.717, 1.165) is 31.3 Å². The van der Waals surface area contributed by atoms with E-state index in [1.54, 1.807) is 0 Å². The Morgan fingerprint density at radius 3 is 2.72 bits per heavy atom. The number of carbonyl (C=O) groups excluding carboxylic acids is 1. The number of allylic oxidation sites excluding steroid dienone is 1. The lowest BCUT2D eigenvalue weighted by Crippen LogP contribution is -2.59. The minimum absolute atomic E-state index is 0.133. The first-order chi connectivity index (χ1) is 13.8. The molecule has 2 aliphatic heterocycles. The quantitative estimate of drug-likeness (QED) is 0.467. The molecule has 8 heteroatoms. The van der Waals surface area contributed by atoms with E-state index >= 15 is 0 Å². The first kappa shape index (κ1) is 19.9. The summed E-state index contributed by atoms with van der Waals surface area (Å²) in [5.74, 6) is 0.824. The van der Waals surface area contributed by atoms with E-state index in [0.29, 0.717) is 25.0 Å². The zero-order valence-electron chi connectivity index (χ0n) is 16.6. The van der Waals surface area contributed by atoms with Gasteiger partial charge in [-0.3, -0.25) is 0 Å². The molecule has 5 aliphatic rings. The Balaban J connectivity index is 1.37. The molecule has 0 radical (unpaired) electrons. The van der Waals surface area contributed by atoms with Crippen LogP contribution in [0.1, 0.15) is 32.6 Å².